The maximum atomic E-state index is 12.0. The van der Waals surface area contributed by atoms with Gasteiger partial charge in [-0.1, -0.05) is 36.4 Å². The lowest BCUT2D eigenvalue weighted by Crippen LogP contribution is -2.34. The van der Waals surface area contributed by atoms with Gasteiger partial charge in [-0.25, -0.2) is 0 Å². The maximum Gasteiger partial charge on any atom is 0.333 e. The first kappa shape index (κ1) is 15.1. The van der Waals surface area contributed by atoms with E-state index in [1.165, 1.54) is 19.1 Å². The SMILES string of the molecule is C[C@H](C(=O)Oc1ccccc1)S(=O)(=O)Oc1ccccc1. The summed E-state index contributed by atoms with van der Waals surface area (Å²) in [5.74, 6) is -0.460. The molecule has 6 heteroatoms. The number of carbonyl (C=O) groups excluding carboxylic acids is 1. The lowest BCUT2D eigenvalue weighted by molar-refractivity contribution is -0.133. The summed E-state index contributed by atoms with van der Waals surface area (Å²) < 4.78 is 33.9. The van der Waals surface area contributed by atoms with E-state index in [4.69, 9.17) is 8.92 Å². The molecule has 2 aromatic carbocycles. The lowest BCUT2D eigenvalue weighted by Gasteiger charge is -2.13. The van der Waals surface area contributed by atoms with Crippen LogP contribution < -0.4 is 8.92 Å². The normalized spacial score (nSPS) is 12.4. The molecule has 0 spiro atoms. The zero-order valence-corrected chi connectivity index (χ0v) is 12.1. The molecule has 2 aromatic rings. The van der Waals surface area contributed by atoms with Crippen molar-refractivity contribution in [2.24, 2.45) is 0 Å². The maximum absolute atomic E-state index is 12.0. The van der Waals surface area contributed by atoms with E-state index in [-0.39, 0.29) is 11.5 Å². The van der Waals surface area contributed by atoms with Crippen LogP contribution in [-0.2, 0) is 14.9 Å². The van der Waals surface area contributed by atoms with Crippen molar-refractivity contribution in [3.63, 3.8) is 0 Å². The van der Waals surface area contributed by atoms with Gasteiger partial charge < -0.3 is 8.92 Å². The van der Waals surface area contributed by atoms with Crippen molar-refractivity contribution in [2.75, 3.05) is 0 Å². The van der Waals surface area contributed by atoms with Crippen LogP contribution in [0.1, 0.15) is 6.92 Å². The van der Waals surface area contributed by atoms with Gasteiger partial charge in [-0.3, -0.25) is 4.79 Å². The molecule has 0 aliphatic heterocycles. The summed E-state index contributed by atoms with van der Waals surface area (Å²) in [7, 11) is -4.11. The van der Waals surface area contributed by atoms with Crippen molar-refractivity contribution in [1.82, 2.24) is 0 Å². The highest BCUT2D eigenvalue weighted by Crippen LogP contribution is 2.16. The first-order valence-corrected chi connectivity index (χ1v) is 7.71. The van der Waals surface area contributed by atoms with E-state index in [0.717, 1.165) is 0 Å². The van der Waals surface area contributed by atoms with E-state index in [0.29, 0.717) is 0 Å². The van der Waals surface area contributed by atoms with E-state index in [9.17, 15) is 13.2 Å². The fraction of sp³-hybridized carbons (Fsp3) is 0.133. The van der Waals surface area contributed by atoms with Crippen molar-refractivity contribution in [1.29, 1.82) is 0 Å². The monoisotopic (exact) mass is 306 g/mol. The van der Waals surface area contributed by atoms with Crippen molar-refractivity contribution >= 4 is 16.1 Å². The molecular formula is C15H14O5S. The Bertz CT molecular complexity index is 695. The number of para-hydroxylation sites is 2. The summed E-state index contributed by atoms with van der Waals surface area (Å²) in [6, 6.07) is 16.2. The largest absolute Gasteiger partial charge is 0.425 e. The molecule has 0 saturated heterocycles. The Morgan fingerprint density at radius 2 is 1.38 bits per heavy atom. The summed E-state index contributed by atoms with van der Waals surface area (Å²) >= 11 is 0. The average molecular weight is 306 g/mol. The van der Waals surface area contributed by atoms with Crippen LogP contribution in [0.2, 0.25) is 0 Å². The third-order valence-corrected chi connectivity index (χ3v) is 4.17. The predicted octanol–water partition coefficient (Wildman–Crippen LogP) is 2.39. The number of ether oxygens (including phenoxy) is 1. The predicted molar refractivity (Wildman–Crippen MR) is 77.5 cm³/mol. The number of benzene rings is 2. The van der Waals surface area contributed by atoms with Crippen LogP contribution in [0.15, 0.2) is 60.7 Å². The Kier molecular flexibility index (Phi) is 4.59. The van der Waals surface area contributed by atoms with E-state index in [1.54, 1.807) is 48.5 Å². The molecule has 0 bridgehead atoms. The molecule has 21 heavy (non-hydrogen) atoms. The van der Waals surface area contributed by atoms with Crippen molar-refractivity contribution in [3.8, 4) is 11.5 Å². The summed E-state index contributed by atoms with van der Waals surface area (Å²) in [5, 5.41) is -1.43. The van der Waals surface area contributed by atoms with Crippen LogP contribution in [0.5, 0.6) is 11.5 Å². The minimum absolute atomic E-state index is 0.150. The fourth-order valence-electron chi connectivity index (χ4n) is 1.49. The zero-order chi connectivity index (χ0) is 15.3. The Balaban J connectivity index is 2.07. The summed E-state index contributed by atoms with van der Waals surface area (Å²) in [5.41, 5.74) is 0. The third-order valence-electron chi connectivity index (χ3n) is 2.68. The van der Waals surface area contributed by atoms with Gasteiger partial charge in [0.1, 0.15) is 11.5 Å². The van der Waals surface area contributed by atoms with E-state index in [2.05, 4.69) is 0 Å². The standard InChI is InChI=1S/C15H14O5S/c1-12(15(16)19-13-8-4-2-5-9-13)21(17,18)20-14-10-6-3-7-11-14/h2-12H,1H3/t12-/m1/s1. The van der Waals surface area contributed by atoms with Gasteiger partial charge >= 0.3 is 16.1 Å². The second kappa shape index (κ2) is 6.41. The van der Waals surface area contributed by atoms with Crippen LogP contribution in [0.4, 0.5) is 0 Å². The number of rotatable bonds is 5. The van der Waals surface area contributed by atoms with Crippen LogP contribution >= 0.6 is 0 Å². The summed E-state index contributed by atoms with van der Waals surface area (Å²) in [4.78, 5) is 11.9. The number of hydrogen-bond acceptors (Lipinski definition) is 5. The number of hydrogen-bond donors (Lipinski definition) is 0. The molecule has 0 unspecified atom stereocenters. The Morgan fingerprint density at radius 3 is 1.90 bits per heavy atom. The minimum atomic E-state index is -4.11. The highest BCUT2D eigenvalue weighted by atomic mass is 32.2. The minimum Gasteiger partial charge on any atom is -0.425 e. The second-order valence-corrected chi connectivity index (χ2v) is 6.12. The first-order chi connectivity index (χ1) is 9.99. The topological polar surface area (TPSA) is 69.7 Å². The van der Waals surface area contributed by atoms with Gasteiger partial charge in [-0.15, -0.1) is 0 Å². The molecule has 0 saturated carbocycles. The van der Waals surface area contributed by atoms with Gasteiger partial charge in [-0.05, 0) is 31.2 Å². The molecule has 2 rings (SSSR count). The molecular weight excluding hydrogens is 292 g/mol. The van der Waals surface area contributed by atoms with E-state index < -0.39 is 21.3 Å². The van der Waals surface area contributed by atoms with Gasteiger partial charge in [0, 0.05) is 0 Å². The molecule has 0 aliphatic carbocycles. The van der Waals surface area contributed by atoms with Crippen LogP contribution in [0.3, 0.4) is 0 Å². The van der Waals surface area contributed by atoms with Crippen LogP contribution in [-0.4, -0.2) is 19.6 Å². The highest BCUT2D eigenvalue weighted by molar-refractivity contribution is 7.88. The molecule has 0 aliphatic rings. The van der Waals surface area contributed by atoms with Crippen LogP contribution in [0.25, 0.3) is 0 Å². The van der Waals surface area contributed by atoms with Gasteiger partial charge in [0.15, 0.2) is 5.25 Å². The summed E-state index contributed by atoms with van der Waals surface area (Å²) in [6.07, 6.45) is 0. The Morgan fingerprint density at radius 1 is 0.905 bits per heavy atom. The highest BCUT2D eigenvalue weighted by Gasteiger charge is 2.32. The molecule has 0 heterocycles. The lowest BCUT2D eigenvalue weighted by atomic mass is 10.3. The second-order valence-electron chi connectivity index (χ2n) is 4.27. The summed E-state index contributed by atoms with van der Waals surface area (Å²) in [6.45, 7) is 1.23. The molecule has 1 atom stereocenters. The van der Waals surface area contributed by atoms with Gasteiger partial charge in [0.05, 0.1) is 0 Å². The fourth-order valence-corrected chi connectivity index (χ4v) is 2.30. The Labute approximate surface area is 123 Å². The van der Waals surface area contributed by atoms with E-state index in [1.807, 2.05) is 0 Å². The molecule has 0 aromatic heterocycles. The van der Waals surface area contributed by atoms with Crippen molar-refractivity contribution in [3.05, 3.63) is 60.7 Å². The molecule has 5 nitrogen and oxygen atoms in total. The van der Waals surface area contributed by atoms with Gasteiger partial charge in [0.2, 0.25) is 0 Å². The number of esters is 1. The average Bonchev–Trinajstić information content (AvgIpc) is 2.48. The van der Waals surface area contributed by atoms with Gasteiger partial charge in [-0.2, -0.15) is 8.42 Å². The quantitative estimate of drug-likeness (QED) is 0.482. The third kappa shape index (κ3) is 4.06. The van der Waals surface area contributed by atoms with Crippen molar-refractivity contribution < 1.29 is 22.1 Å². The molecule has 0 radical (unpaired) electrons. The van der Waals surface area contributed by atoms with Crippen LogP contribution in [0, 0.1) is 0 Å². The van der Waals surface area contributed by atoms with Crippen molar-refractivity contribution in [2.45, 2.75) is 12.2 Å². The van der Waals surface area contributed by atoms with Gasteiger partial charge in [0.25, 0.3) is 0 Å². The number of carbonyl (C=O) groups is 1. The molecule has 110 valence electrons. The van der Waals surface area contributed by atoms with E-state index >= 15 is 0 Å². The molecule has 0 N–H and O–H groups in total. The smallest absolute Gasteiger partial charge is 0.333 e. The Hall–Kier alpha value is -2.34. The zero-order valence-electron chi connectivity index (χ0n) is 11.3. The first-order valence-electron chi connectivity index (χ1n) is 6.24. The molecule has 0 fully saturated rings. The molecule has 0 amide bonds.